The van der Waals surface area contributed by atoms with Gasteiger partial charge in [0.2, 0.25) is 6.10 Å². The van der Waals surface area contributed by atoms with E-state index in [9.17, 15) is 14.4 Å². The number of aromatic nitrogens is 1. The molecule has 0 aliphatic carbocycles. The highest BCUT2D eigenvalue weighted by atomic mass is 16.5. The summed E-state index contributed by atoms with van der Waals surface area (Å²) in [4.78, 5) is 37.6. The molecular formula is C24H24N2O5. The molecule has 31 heavy (non-hydrogen) atoms. The van der Waals surface area contributed by atoms with Crippen LogP contribution in [0.2, 0.25) is 0 Å². The van der Waals surface area contributed by atoms with Crippen molar-refractivity contribution in [2.24, 2.45) is 0 Å². The number of benzene rings is 2. The lowest BCUT2D eigenvalue weighted by atomic mass is 10.0. The topological polar surface area (TPSA) is 98.5 Å². The van der Waals surface area contributed by atoms with E-state index in [-0.39, 0.29) is 24.4 Å². The summed E-state index contributed by atoms with van der Waals surface area (Å²) in [5.41, 5.74) is 3.16. The normalized spacial score (nSPS) is 11.6. The first-order valence-electron chi connectivity index (χ1n) is 9.92. The Morgan fingerprint density at radius 2 is 1.71 bits per heavy atom. The minimum Gasteiger partial charge on any atom is -0.447 e. The van der Waals surface area contributed by atoms with Gasteiger partial charge in [0.05, 0.1) is 6.42 Å². The molecule has 0 aliphatic rings. The van der Waals surface area contributed by atoms with Crippen LogP contribution in [-0.4, -0.2) is 22.8 Å². The molecule has 160 valence electrons. The third kappa shape index (κ3) is 5.88. The van der Waals surface area contributed by atoms with E-state index in [0.29, 0.717) is 16.9 Å². The largest absolute Gasteiger partial charge is 0.447 e. The van der Waals surface area contributed by atoms with E-state index in [0.717, 1.165) is 11.1 Å². The maximum atomic E-state index is 12.7. The number of ether oxygens (including phenoxy) is 1. The van der Waals surface area contributed by atoms with Gasteiger partial charge in [0.15, 0.2) is 11.6 Å². The Labute approximate surface area is 180 Å². The number of rotatable bonds is 8. The Morgan fingerprint density at radius 3 is 2.35 bits per heavy atom. The minimum atomic E-state index is -1.18. The van der Waals surface area contributed by atoms with Crippen LogP contribution >= 0.6 is 0 Å². The van der Waals surface area contributed by atoms with Crippen molar-refractivity contribution in [3.8, 4) is 0 Å². The monoisotopic (exact) mass is 420 g/mol. The molecule has 0 fully saturated rings. The fourth-order valence-electron chi connectivity index (χ4n) is 2.98. The molecule has 7 nitrogen and oxygen atoms in total. The molecule has 3 aromatic rings. The molecule has 1 unspecified atom stereocenters. The van der Waals surface area contributed by atoms with Gasteiger partial charge in [-0.15, -0.1) is 0 Å². The molecule has 1 aromatic heterocycles. The average molecular weight is 420 g/mol. The Hall–Kier alpha value is -3.74. The predicted molar refractivity (Wildman–Crippen MR) is 115 cm³/mol. The molecule has 0 saturated heterocycles. The summed E-state index contributed by atoms with van der Waals surface area (Å²) < 4.78 is 10.4. The Kier molecular flexibility index (Phi) is 6.97. The van der Waals surface area contributed by atoms with E-state index in [1.165, 1.54) is 0 Å². The second-order valence-corrected chi connectivity index (χ2v) is 7.31. The maximum absolute atomic E-state index is 12.7. The summed E-state index contributed by atoms with van der Waals surface area (Å²) >= 11 is 0. The number of ketones is 1. The van der Waals surface area contributed by atoms with Gasteiger partial charge in [-0.2, -0.15) is 0 Å². The second kappa shape index (κ2) is 9.84. The van der Waals surface area contributed by atoms with Crippen LogP contribution < -0.4 is 5.32 Å². The Balaban J connectivity index is 1.65. The number of nitrogens with zero attached hydrogens (tertiary/aromatic N) is 1. The summed E-state index contributed by atoms with van der Waals surface area (Å²) in [6.45, 7) is 5.60. The number of carbonyl (C=O) groups is 3. The summed E-state index contributed by atoms with van der Waals surface area (Å²) in [7, 11) is 0. The van der Waals surface area contributed by atoms with Gasteiger partial charge >= 0.3 is 5.97 Å². The van der Waals surface area contributed by atoms with Crippen molar-refractivity contribution in [3.05, 3.63) is 82.6 Å². The van der Waals surface area contributed by atoms with E-state index in [4.69, 9.17) is 9.26 Å². The van der Waals surface area contributed by atoms with E-state index in [2.05, 4.69) is 10.5 Å². The van der Waals surface area contributed by atoms with Crippen molar-refractivity contribution in [3.63, 3.8) is 0 Å². The fraction of sp³-hybridized carbons (Fsp3) is 0.250. The minimum absolute atomic E-state index is 0.00700. The molecule has 1 amide bonds. The molecule has 0 saturated carbocycles. The summed E-state index contributed by atoms with van der Waals surface area (Å²) in [5, 5.41) is 6.31. The van der Waals surface area contributed by atoms with Gasteiger partial charge in [-0.1, -0.05) is 47.6 Å². The van der Waals surface area contributed by atoms with E-state index >= 15 is 0 Å². The Bertz CT molecular complexity index is 1090. The number of aryl methyl sites for hydroxylation is 3. The predicted octanol–water partition coefficient (Wildman–Crippen LogP) is 4.49. The molecule has 2 aromatic carbocycles. The van der Waals surface area contributed by atoms with Crippen LogP contribution in [0.5, 0.6) is 0 Å². The molecule has 3 rings (SSSR count). The lowest BCUT2D eigenvalue weighted by Crippen LogP contribution is -2.26. The lowest BCUT2D eigenvalue weighted by molar-refractivity contribution is -0.154. The van der Waals surface area contributed by atoms with Crippen molar-refractivity contribution < 1.29 is 23.6 Å². The number of anilines is 1. The molecule has 0 aliphatic heterocycles. The number of esters is 1. The van der Waals surface area contributed by atoms with Crippen LogP contribution in [0.1, 0.15) is 51.8 Å². The van der Waals surface area contributed by atoms with Crippen LogP contribution in [-0.2, 0) is 14.3 Å². The quantitative estimate of drug-likeness (QED) is 0.426. The van der Waals surface area contributed by atoms with Gasteiger partial charge in [0.25, 0.3) is 5.91 Å². The van der Waals surface area contributed by atoms with Crippen molar-refractivity contribution in [2.45, 2.75) is 39.7 Å². The van der Waals surface area contributed by atoms with Crippen molar-refractivity contribution >= 4 is 23.5 Å². The van der Waals surface area contributed by atoms with Crippen molar-refractivity contribution in [1.82, 2.24) is 5.16 Å². The molecule has 1 N–H and O–H groups in total. The van der Waals surface area contributed by atoms with E-state index in [1.807, 2.05) is 26.0 Å². The van der Waals surface area contributed by atoms with Crippen molar-refractivity contribution in [2.75, 3.05) is 5.32 Å². The highest BCUT2D eigenvalue weighted by Crippen LogP contribution is 2.21. The van der Waals surface area contributed by atoms with Crippen molar-refractivity contribution in [1.29, 1.82) is 0 Å². The number of nitrogens with one attached hydrogen (secondary N) is 1. The number of hydrogen-bond donors (Lipinski definition) is 1. The average Bonchev–Trinajstić information content (AvgIpc) is 3.17. The van der Waals surface area contributed by atoms with E-state index < -0.39 is 18.0 Å². The van der Waals surface area contributed by atoms with Crippen LogP contribution in [0, 0.1) is 20.8 Å². The van der Waals surface area contributed by atoms with Gasteiger partial charge < -0.3 is 14.6 Å². The molecule has 1 atom stereocenters. The molecule has 0 spiro atoms. The molecule has 1 heterocycles. The zero-order valence-electron chi connectivity index (χ0n) is 17.7. The first-order valence-corrected chi connectivity index (χ1v) is 9.92. The number of hydrogen-bond acceptors (Lipinski definition) is 6. The highest BCUT2D eigenvalue weighted by molar-refractivity contribution is 5.98. The SMILES string of the molecule is Cc1cc(NC(=O)C(OC(=O)CCC(=O)c2ccc(C)c(C)c2)c2ccccc2)no1. The van der Waals surface area contributed by atoms with Crippen LogP contribution in [0.15, 0.2) is 59.1 Å². The summed E-state index contributed by atoms with van der Waals surface area (Å²) in [6.07, 6.45) is -1.32. The molecule has 0 bridgehead atoms. The Morgan fingerprint density at radius 1 is 0.968 bits per heavy atom. The van der Waals surface area contributed by atoms with Gasteiger partial charge in [0, 0.05) is 23.6 Å². The number of amides is 1. The van der Waals surface area contributed by atoms with E-state index in [1.54, 1.807) is 49.4 Å². The smallest absolute Gasteiger partial charge is 0.307 e. The van der Waals surface area contributed by atoms with Gasteiger partial charge in [-0.3, -0.25) is 14.4 Å². The summed E-state index contributed by atoms with van der Waals surface area (Å²) in [6, 6.07) is 15.6. The number of Topliss-reactive ketones (excluding diaryl/α,β-unsaturated/α-hetero) is 1. The molecule has 7 heteroatoms. The first-order chi connectivity index (χ1) is 14.8. The standard InChI is InChI=1S/C24H24N2O5/c1-15-9-10-19(13-16(15)2)20(27)11-12-22(28)30-23(18-7-5-4-6-8-18)24(29)25-21-14-17(3)31-26-21/h4-10,13-14,23H,11-12H2,1-3H3,(H,25,26,29). The fourth-order valence-corrected chi connectivity index (χ4v) is 2.98. The zero-order chi connectivity index (χ0) is 22.4. The highest BCUT2D eigenvalue weighted by Gasteiger charge is 2.26. The van der Waals surface area contributed by atoms with Gasteiger partial charge in [-0.25, -0.2) is 0 Å². The number of carbonyl (C=O) groups excluding carboxylic acids is 3. The molecular weight excluding hydrogens is 396 g/mol. The lowest BCUT2D eigenvalue weighted by Gasteiger charge is -2.17. The first kappa shape index (κ1) is 22.0. The van der Waals surface area contributed by atoms with Crippen LogP contribution in [0.4, 0.5) is 5.82 Å². The van der Waals surface area contributed by atoms with Crippen LogP contribution in [0.3, 0.4) is 0 Å². The second-order valence-electron chi connectivity index (χ2n) is 7.31. The summed E-state index contributed by atoms with van der Waals surface area (Å²) in [5.74, 6) is -0.595. The van der Waals surface area contributed by atoms with Gasteiger partial charge in [-0.05, 0) is 38.0 Å². The third-order valence-electron chi connectivity index (χ3n) is 4.85. The molecule has 0 radical (unpaired) electrons. The maximum Gasteiger partial charge on any atom is 0.307 e. The van der Waals surface area contributed by atoms with Crippen LogP contribution in [0.25, 0.3) is 0 Å². The zero-order valence-corrected chi connectivity index (χ0v) is 17.7. The van der Waals surface area contributed by atoms with Gasteiger partial charge in [0.1, 0.15) is 5.76 Å². The third-order valence-corrected chi connectivity index (χ3v) is 4.85.